The summed E-state index contributed by atoms with van der Waals surface area (Å²) in [5.41, 5.74) is 4.26. The maximum Gasteiger partial charge on any atom is 0.136 e. The number of benzene rings is 2. The quantitative estimate of drug-likeness (QED) is 0.494. The number of nitrogens with one attached hydrogen (secondary N) is 1. The van der Waals surface area contributed by atoms with Crippen LogP contribution in [-0.4, -0.2) is 4.98 Å². The molecule has 0 aliphatic heterocycles. The minimum absolute atomic E-state index is 0.281. The molecule has 1 aromatic heterocycles. The molecule has 136 valence electrons. The summed E-state index contributed by atoms with van der Waals surface area (Å²) in [6, 6.07) is 16.6. The van der Waals surface area contributed by atoms with Crippen molar-refractivity contribution in [3.05, 3.63) is 76.5 Å². The number of hydrogen-bond acceptors (Lipinski definition) is 4. The van der Waals surface area contributed by atoms with E-state index in [1.54, 1.807) is 18.3 Å². The molecule has 0 saturated carbocycles. The predicted molar refractivity (Wildman–Crippen MR) is 110 cm³/mol. The van der Waals surface area contributed by atoms with Gasteiger partial charge in [-0.3, -0.25) is 0 Å². The van der Waals surface area contributed by atoms with Crippen molar-refractivity contribution in [2.45, 2.75) is 26.2 Å². The topological polar surface area (TPSA) is 48.7 Å². The molecule has 0 unspecified atom stereocenters. The molecule has 5 heteroatoms. The Morgan fingerprint density at radius 3 is 2.59 bits per heavy atom. The molecule has 27 heavy (non-hydrogen) atoms. The van der Waals surface area contributed by atoms with Gasteiger partial charge in [0, 0.05) is 22.8 Å². The van der Waals surface area contributed by atoms with Gasteiger partial charge in [-0.25, -0.2) is 9.37 Å². The molecule has 0 atom stereocenters. The van der Waals surface area contributed by atoms with Crippen LogP contribution in [0.3, 0.4) is 0 Å². The van der Waals surface area contributed by atoms with Gasteiger partial charge in [0.25, 0.3) is 0 Å². The minimum atomic E-state index is -0.281. The summed E-state index contributed by atoms with van der Waals surface area (Å²) >= 11 is 1.39. The van der Waals surface area contributed by atoms with Crippen molar-refractivity contribution >= 4 is 22.6 Å². The number of unbranched alkanes of at least 4 members (excludes halogenated alkanes) is 1. The summed E-state index contributed by atoms with van der Waals surface area (Å²) < 4.78 is 13.1. The third-order valence-electron chi connectivity index (χ3n) is 4.15. The average Bonchev–Trinajstić information content (AvgIpc) is 3.18. The molecule has 3 aromatic rings. The molecule has 0 fully saturated rings. The van der Waals surface area contributed by atoms with E-state index >= 15 is 0 Å². The van der Waals surface area contributed by atoms with E-state index in [2.05, 4.69) is 35.4 Å². The minimum Gasteiger partial charge on any atom is -0.360 e. The molecule has 0 aliphatic rings. The van der Waals surface area contributed by atoms with Gasteiger partial charge in [0.1, 0.15) is 22.5 Å². The first-order chi connectivity index (χ1) is 13.2. The van der Waals surface area contributed by atoms with Crippen LogP contribution in [0.1, 0.15) is 30.3 Å². The lowest BCUT2D eigenvalue weighted by Gasteiger charge is -2.04. The molecule has 0 spiro atoms. The van der Waals surface area contributed by atoms with E-state index in [1.165, 1.54) is 41.9 Å². The lowest BCUT2D eigenvalue weighted by molar-refractivity contribution is 0.628. The summed E-state index contributed by atoms with van der Waals surface area (Å²) in [6.45, 7) is 2.18. The number of rotatable bonds is 7. The van der Waals surface area contributed by atoms with Gasteiger partial charge in [-0.2, -0.15) is 5.26 Å². The van der Waals surface area contributed by atoms with Crippen LogP contribution in [0, 0.1) is 17.1 Å². The van der Waals surface area contributed by atoms with Gasteiger partial charge in [-0.05, 0) is 54.8 Å². The van der Waals surface area contributed by atoms with Gasteiger partial charge in [0.15, 0.2) is 0 Å². The Bertz CT molecular complexity index is 950. The zero-order valence-electron chi connectivity index (χ0n) is 15.1. The van der Waals surface area contributed by atoms with E-state index in [0.29, 0.717) is 10.6 Å². The van der Waals surface area contributed by atoms with Crippen molar-refractivity contribution in [1.29, 1.82) is 5.26 Å². The maximum absolute atomic E-state index is 13.1. The molecule has 0 amide bonds. The summed E-state index contributed by atoms with van der Waals surface area (Å²) in [7, 11) is 0. The maximum atomic E-state index is 13.1. The van der Waals surface area contributed by atoms with Crippen LogP contribution in [0.2, 0.25) is 0 Å². The third kappa shape index (κ3) is 5.02. The van der Waals surface area contributed by atoms with Crippen molar-refractivity contribution < 1.29 is 4.39 Å². The second kappa shape index (κ2) is 9.11. The Morgan fingerprint density at radius 1 is 1.19 bits per heavy atom. The lowest BCUT2D eigenvalue weighted by Crippen LogP contribution is -1.92. The predicted octanol–water partition coefficient (Wildman–Crippen LogP) is 6.27. The number of halogens is 1. The zero-order chi connectivity index (χ0) is 19.1. The first kappa shape index (κ1) is 18.8. The van der Waals surface area contributed by atoms with E-state index in [-0.39, 0.29) is 5.82 Å². The highest BCUT2D eigenvalue weighted by atomic mass is 32.1. The van der Waals surface area contributed by atoms with Crippen molar-refractivity contribution in [2.75, 3.05) is 5.32 Å². The van der Waals surface area contributed by atoms with Crippen molar-refractivity contribution in [1.82, 2.24) is 4.98 Å². The van der Waals surface area contributed by atoms with E-state index in [4.69, 9.17) is 0 Å². The SMILES string of the molecule is CCCCc1ccc(NC=C(C#N)c2nc(-c3ccc(F)cc3)cs2)cc1. The third-order valence-corrected chi connectivity index (χ3v) is 5.03. The molecule has 3 nitrogen and oxygen atoms in total. The van der Waals surface area contributed by atoms with E-state index < -0.39 is 0 Å². The standard InChI is InChI=1S/C22H20FN3S/c1-2-3-4-16-5-11-20(12-6-16)25-14-18(13-24)22-26-21(15-27-22)17-7-9-19(23)10-8-17/h5-12,14-15,25H,2-4H2,1H3. The Balaban J connectivity index is 1.71. The van der Waals surface area contributed by atoms with Gasteiger partial charge < -0.3 is 5.32 Å². The van der Waals surface area contributed by atoms with Crippen LogP contribution >= 0.6 is 11.3 Å². The van der Waals surface area contributed by atoms with Crippen molar-refractivity contribution in [3.8, 4) is 17.3 Å². The van der Waals surface area contributed by atoms with E-state index in [0.717, 1.165) is 23.4 Å². The highest BCUT2D eigenvalue weighted by Crippen LogP contribution is 2.26. The number of nitriles is 1. The average molecular weight is 377 g/mol. The fourth-order valence-corrected chi connectivity index (χ4v) is 3.39. The highest BCUT2D eigenvalue weighted by Gasteiger charge is 2.09. The first-order valence-corrected chi connectivity index (χ1v) is 9.75. The number of anilines is 1. The fraction of sp³-hybridized carbons (Fsp3) is 0.182. The molecule has 1 N–H and O–H groups in total. The number of allylic oxidation sites excluding steroid dienone is 1. The molecule has 2 aromatic carbocycles. The number of aryl methyl sites for hydroxylation is 1. The Labute approximate surface area is 162 Å². The smallest absolute Gasteiger partial charge is 0.136 e. The molecule has 0 aliphatic carbocycles. The molecule has 1 heterocycles. The second-order valence-electron chi connectivity index (χ2n) is 6.16. The van der Waals surface area contributed by atoms with Crippen LogP contribution in [-0.2, 0) is 6.42 Å². The van der Waals surface area contributed by atoms with Crippen LogP contribution in [0.15, 0.2) is 60.1 Å². The molecular weight excluding hydrogens is 357 g/mol. The number of hydrogen-bond donors (Lipinski definition) is 1. The molecule has 3 rings (SSSR count). The normalized spacial score (nSPS) is 11.2. The van der Waals surface area contributed by atoms with Gasteiger partial charge in [0.2, 0.25) is 0 Å². The van der Waals surface area contributed by atoms with Crippen LogP contribution < -0.4 is 5.32 Å². The van der Waals surface area contributed by atoms with Crippen LogP contribution in [0.4, 0.5) is 10.1 Å². The Hall–Kier alpha value is -2.97. The lowest BCUT2D eigenvalue weighted by atomic mass is 10.1. The number of aromatic nitrogens is 1. The van der Waals surface area contributed by atoms with Gasteiger partial charge in [-0.15, -0.1) is 11.3 Å². The van der Waals surface area contributed by atoms with Gasteiger partial charge in [0.05, 0.1) is 5.69 Å². The molecule has 0 radical (unpaired) electrons. The molecule has 0 bridgehead atoms. The summed E-state index contributed by atoms with van der Waals surface area (Å²) in [4.78, 5) is 4.51. The zero-order valence-corrected chi connectivity index (χ0v) is 15.9. The summed E-state index contributed by atoms with van der Waals surface area (Å²) in [5, 5.41) is 15.1. The highest BCUT2D eigenvalue weighted by molar-refractivity contribution is 7.11. The Kier molecular flexibility index (Phi) is 6.35. The van der Waals surface area contributed by atoms with Crippen LogP contribution in [0.25, 0.3) is 16.8 Å². The fourth-order valence-electron chi connectivity index (χ4n) is 2.60. The van der Waals surface area contributed by atoms with E-state index in [1.807, 2.05) is 17.5 Å². The second-order valence-corrected chi connectivity index (χ2v) is 7.02. The largest absolute Gasteiger partial charge is 0.360 e. The monoisotopic (exact) mass is 377 g/mol. The van der Waals surface area contributed by atoms with Crippen LogP contribution in [0.5, 0.6) is 0 Å². The molecule has 0 saturated heterocycles. The van der Waals surface area contributed by atoms with Crippen molar-refractivity contribution in [3.63, 3.8) is 0 Å². The van der Waals surface area contributed by atoms with Crippen molar-refractivity contribution in [2.24, 2.45) is 0 Å². The van der Waals surface area contributed by atoms with Gasteiger partial charge in [-0.1, -0.05) is 25.5 Å². The number of nitrogens with zero attached hydrogens (tertiary/aromatic N) is 2. The first-order valence-electron chi connectivity index (χ1n) is 8.87. The van der Waals surface area contributed by atoms with E-state index in [9.17, 15) is 9.65 Å². The molecular formula is C22H20FN3S. The summed E-state index contributed by atoms with van der Waals surface area (Å²) in [6.07, 6.45) is 5.13. The van der Waals surface area contributed by atoms with Gasteiger partial charge >= 0.3 is 0 Å². The number of thiazole rings is 1. The Morgan fingerprint density at radius 2 is 1.93 bits per heavy atom. The summed E-state index contributed by atoms with van der Waals surface area (Å²) in [5.74, 6) is -0.281.